The number of thiazole rings is 1. The summed E-state index contributed by atoms with van der Waals surface area (Å²) in [6.07, 6.45) is 1.61. The highest BCUT2D eigenvalue weighted by atomic mass is 32.1. The zero-order chi connectivity index (χ0) is 14.1. The Morgan fingerprint density at radius 1 is 1.50 bits per heavy atom. The number of hydrogen-bond acceptors (Lipinski definition) is 5. The van der Waals surface area contributed by atoms with Gasteiger partial charge in [0.05, 0.1) is 6.26 Å². The van der Waals surface area contributed by atoms with Crippen LogP contribution in [0.2, 0.25) is 0 Å². The number of piperazine rings is 1. The quantitative estimate of drug-likeness (QED) is 0.851. The first kappa shape index (κ1) is 13.3. The lowest BCUT2D eigenvalue weighted by Crippen LogP contribution is -2.52. The molecule has 0 aliphatic carbocycles. The fraction of sp³-hybridized carbons (Fsp3) is 0.429. The minimum Gasteiger partial charge on any atom is -0.462 e. The van der Waals surface area contributed by atoms with Gasteiger partial charge in [0.25, 0.3) is 5.91 Å². The largest absolute Gasteiger partial charge is 0.462 e. The molecule has 1 aliphatic rings. The molecule has 3 heterocycles. The Kier molecular flexibility index (Phi) is 3.58. The lowest BCUT2D eigenvalue weighted by Gasteiger charge is -2.37. The molecule has 1 aliphatic heterocycles. The van der Waals surface area contributed by atoms with E-state index < -0.39 is 0 Å². The van der Waals surface area contributed by atoms with E-state index >= 15 is 0 Å². The molecule has 0 radical (unpaired) electrons. The second kappa shape index (κ2) is 5.38. The monoisotopic (exact) mass is 291 g/mol. The van der Waals surface area contributed by atoms with Crippen molar-refractivity contribution in [2.75, 3.05) is 26.7 Å². The summed E-state index contributed by atoms with van der Waals surface area (Å²) < 4.78 is 5.31. The van der Waals surface area contributed by atoms with Crippen molar-refractivity contribution in [1.82, 2.24) is 14.8 Å². The van der Waals surface area contributed by atoms with Gasteiger partial charge < -0.3 is 14.2 Å². The Morgan fingerprint density at radius 3 is 3.05 bits per heavy atom. The number of amides is 1. The van der Waals surface area contributed by atoms with Crippen molar-refractivity contribution in [2.24, 2.45) is 0 Å². The standard InChI is InChI=1S/C14H17N3O2S/c1-10-8-16(2)5-6-17(10)14(18)11-9-20-13(15-11)12-4-3-7-19-12/h3-4,7,9-10H,5-6,8H2,1-2H3. The normalized spacial score (nSPS) is 20.3. The average molecular weight is 291 g/mol. The van der Waals surface area contributed by atoms with Gasteiger partial charge in [-0.05, 0) is 26.1 Å². The molecule has 3 rings (SSSR count). The molecule has 1 unspecified atom stereocenters. The van der Waals surface area contributed by atoms with Crippen LogP contribution >= 0.6 is 11.3 Å². The molecule has 0 bridgehead atoms. The van der Waals surface area contributed by atoms with E-state index in [2.05, 4.69) is 23.9 Å². The first-order valence-electron chi connectivity index (χ1n) is 6.64. The molecule has 0 spiro atoms. The summed E-state index contributed by atoms with van der Waals surface area (Å²) in [4.78, 5) is 21.1. The van der Waals surface area contributed by atoms with Crippen molar-refractivity contribution in [1.29, 1.82) is 0 Å². The van der Waals surface area contributed by atoms with Gasteiger partial charge in [-0.15, -0.1) is 11.3 Å². The first-order valence-corrected chi connectivity index (χ1v) is 7.52. The van der Waals surface area contributed by atoms with E-state index in [4.69, 9.17) is 4.42 Å². The van der Waals surface area contributed by atoms with Crippen LogP contribution in [0.3, 0.4) is 0 Å². The fourth-order valence-corrected chi connectivity index (χ4v) is 3.23. The van der Waals surface area contributed by atoms with Gasteiger partial charge in [-0.25, -0.2) is 4.98 Å². The minimum absolute atomic E-state index is 0.0136. The topological polar surface area (TPSA) is 49.6 Å². The first-order chi connectivity index (χ1) is 9.65. The molecule has 5 nitrogen and oxygen atoms in total. The van der Waals surface area contributed by atoms with Crippen molar-refractivity contribution in [3.05, 3.63) is 29.5 Å². The second-order valence-corrected chi connectivity index (χ2v) is 5.98. The van der Waals surface area contributed by atoms with Crippen LogP contribution in [-0.2, 0) is 0 Å². The number of likely N-dealkylation sites (N-methyl/N-ethyl adjacent to an activating group) is 1. The van der Waals surface area contributed by atoms with Gasteiger partial charge in [0, 0.05) is 31.1 Å². The Bertz CT molecular complexity index is 593. The fourth-order valence-electron chi connectivity index (χ4n) is 2.47. The zero-order valence-corrected chi connectivity index (χ0v) is 12.4. The summed E-state index contributed by atoms with van der Waals surface area (Å²) in [5, 5.41) is 2.56. The van der Waals surface area contributed by atoms with Crippen LogP contribution in [0.5, 0.6) is 0 Å². The smallest absolute Gasteiger partial charge is 0.273 e. The second-order valence-electron chi connectivity index (χ2n) is 5.13. The number of carbonyl (C=O) groups is 1. The van der Waals surface area contributed by atoms with Gasteiger partial charge in [-0.3, -0.25) is 4.79 Å². The van der Waals surface area contributed by atoms with Crippen LogP contribution < -0.4 is 0 Å². The van der Waals surface area contributed by atoms with E-state index in [1.165, 1.54) is 11.3 Å². The van der Waals surface area contributed by atoms with E-state index in [-0.39, 0.29) is 11.9 Å². The van der Waals surface area contributed by atoms with Crippen molar-refractivity contribution in [2.45, 2.75) is 13.0 Å². The van der Waals surface area contributed by atoms with Crippen molar-refractivity contribution < 1.29 is 9.21 Å². The van der Waals surface area contributed by atoms with Crippen LogP contribution in [0.1, 0.15) is 17.4 Å². The Balaban J connectivity index is 1.78. The summed E-state index contributed by atoms with van der Waals surface area (Å²) in [7, 11) is 2.08. The molecule has 2 aromatic rings. The number of carbonyl (C=O) groups excluding carboxylic acids is 1. The maximum atomic E-state index is 12.5. The molecule has 20 heavy (non-hydrogen) atoms. The minimum atomic E-state index is 0.0136. The Hall–Kier alpha value is -1.66. The molecular formula is C14H17N3O2S. The highest BCUT2D eigenvalue weighted by Gasteiger charge is 2.28. The predicted molar refractivity (Wildman–Crippen MR) is 77.8 cm³/mol. The van der Waals surface area contributed by atoms with Crippen molar-refractivity contribution in [3.63, 3.8) is 0 Å². The number of aromatic nitrogens is 1. The third kappa shape index (κ3) is 2.48. The van der Waals surface area contributed by atoms with Crippen LogP contribution in [0.4, 0.5) is 0 Å². The molecular weight excluding hydrogens is 274 g/mol. The Morgan fingerprint density at radius 2 is 2.35 bits per heavy atom. The van der Waals surface area contributed by atoms with Gasteiger partial charge >= 0.3 is 0 Å². The van der Waals surface area contributed by atoms with Gasteiger partial charge in [-0.1, -0.05) is 0 Å². The third-order valence-electron chi connectivity index (χ3n) is 3.55. The molecule has 2 aromatic heterocycles. The van der Waals surface area contributed by atoms with Crippen molar-refractivity contribution >= 4 is 17.2 Å². The maximum Gasteiger partial charge on any atom is 0.273 e. The molecule has 1 fully saturated rings. The molecule has 0 saturated carbocycles. The molecule has 0 aromatic carbocycles. The lowest BCUT2D eigenvalue weighted by atomic mass is 10.2. The number of hydrogen-bond donors (Lipinski definition) is 0. The van der Waals surface area contributed by atoms with Crippen LogP contribution in [0.15, 0.2) is 28.2 Å². The summed E-state index contributed by atoms with van der Waals surface area (Å²) in [6, 6.07) is 3.89. The van der Waals surface area contributed by atoms with Gasteiger partial charge in [0.2, 0.25) is 0 Å². The molecule has 0 N–H and O–H groups in total. The van der Waals surface area contributed by atoms with E-state index in [0.29, 0.717) is 11.5 Å². The number of furan rings is 1. The van der Waals surface area contributed by atoms with E-state index in [0.717, 1.165) is 24.6 Å². The van der Waals surface area contributed by atoms with Gasteiger partial charge in [0.15, 0.2) is 10.8 Å². The third-order valence-corrected chi connectivity index (χ3v) is 4.40. The van der Waals surface area contributed by atoms with Crippen molar-refractivity contribution in [3.8, 4) is 10.8 Å². The lowest BCUT2D eigenvalue weighted by molar-refractivity contribution is 0.0528. The average Bonchev–Trinajstić information content (AvgIpc) is 3.09. The van der Waals surface area contributed by atoms with E-state index in [1.807, 2.05) is 22.4 Å². The highest BCUT2D eigenvalue weighted by molar-refractivity contribution is 7.13. The Labute approximate surface area is 121 Å². The summed E-state index contributed by atoms with van der Waals surface area (Å²) >= 11 is 1.44. The molecule has 1 atom stereocenters. The highest BCUT2D eigenvalue weighted by Crippen LogP contribution is 2.25. The summed E-state index contributed by atoms with van der Waals surface area (Å²) in [5.74, 6) is 0.722. The number of nitrogens with zero attached hydrogens (tertiary/aromatic N) is 3. The SMILES string of the molecule is CC1CN(C)CCN1C(=O)c1csc(-c2ccco2)n1. The maximum absolute atomic E-state index is 12.5. The number of rotatable bonds is 2. The van der Waals surface area contributed by atoms with Gasteiger partial charge in [0.1, 0.15) is 5.69 Å². The van der Waals surface area contributed by atoms with Crippen LogP contribution in [-0.4, -0.2) is 53.4 Å². The van der Waals surface area contributed by atoms with E-state index in [9.17, 15) is 4.79 Å². The van der Waals surface area contributed by atoms with Crippen LogP contribution in [0, 0.1) is 0 Å². The summed E-state index contributed by atoms with van der Waals surface area (Å²) in [5.41, 5.74) is 0.512. The van der Waals surface area contributed by atoms with Gasteiger partial charge in [-0.2, -0.15) is 0 Å². The van der Waals surface area contributed by atoms with E-state index in [1.54, 1.807) is 6.26 Å². The molecule has 1 amide bonds. The molecule has 106 valence electrons. The predicted octanol–water partition coefficient (Wildman–Crippen LogP) is 2.18. The zero-order valence-electron chi connectivity index (χ0n) is 11.6. The van der Waals surface area contributed by atoms with Crippen LogP contribution in [0.25, 0.3) is 10.8 Å². The summed E-state index contributed by atoms with van der Waals surface area (Å²) in [6.45, 7) is 4.64. The molecule has 1 saturated heterocycles. The molecule has 6 heteroatoms.